The zero-order valence-corrected chi connectivity index (χ0v) is 58.6. The molecule has 0 unspecified atom stereocenters. The maximum absolute atomic E-state index is 5.42. The average Bonchev–Trinajstić information content (AvgIpc) is 0.919. The van der Waals surface area contributed by atoms with Crippen molar-refractivity contribution < 1.29 is 0 Å². The highest BCUT2D eigenvalue weighted by atomic mass is 15.1. The van der Waals surface area contributed by atoms with Crippen molar-refractivity contribution in [1.82, 2.24) is 19.1 Å². The molecule has 0 amide bonds. The fourth-order valence-electron chi connectivity index (χ4n) is 16.9. The number of imidazole rings is 2. The Hall–Kier alpha value is -13.8. The van der Waals surface area contributed by atoms with Gasteiger partial charge < -0.3 is 0 Å². The zero-order valence-electron chi connectivity index (χ0n) is 58.6. The van der Waals surface area contributed by atoms with E-state index in [0.29, 0.717) is 0 Å². The number of hydrogen-bond acceptors (Lipinski definition) is 2. The molecular weight excluding hydrogens is 1280 g/mol. The zero-order chi connectivity index (χ0) is 70.5. The Morgan fingerprint density at radius 1 is 0.292 bits per heavy atom. The van der Waals surface area contributed by atoms with Crippen LogP contribution in [0.5, 0.6) is 0 Å². The quantitative estimate of drug-likeness (QED) is 0.0694. The Bertz CT molecular complexity index is 6990. The second-order valence-corrected chi connectivity index (χ2v) is 28.1. The van der Waals surface area contributed by atoms with Crippen LogP contribution in [0.1, 0.15) is 23.6 Å². The molecule has 0 aliphatic rings. The van der Waals surface area contributed by atoms with Crippen molar-refractivity contribution in [2.24, 2.45) is 0 Å². The molecule has 0 bridgehead atoms. The predicted molar refractivity (Wildman–Crippen MR) is 450 cm³/mol. The maximum atomic E-state index is 5.42. The Balaban J connectivity index is 0.676. The number of fused-ring (bicyclic) bond motifs is 9. The Kier molecular flexibility index (Phi) is 14.8. The second-order valence-electron chi connectivity index (χ2n) is 28.1. The van der Waals surface area contributed by atoms with Crippen molar-refractivity contribution in [2.45, 2.75) is 13.8 Å². The van der Waals surface area contributed by atoms with Crippen LogP contribution in [0.2, 0.25) is 0 Å². The van der Waals surface area contributed by atoms with Crippen LogP contribution in [-0.2, 0) is 0 Å². The van der Waals surface area contributed by atoms with E-state index in [-0.39, 0.29) is 0 Å². The van der Waals surface area contributed by atoms with E-state index >= 15 is 0 Å². The van der Waals surface area contributed by atoms with Crippen LogP contribution in [-0.4, -0.2) is 19.1 Å². The molecule has 2 aromatic heterocycles. The predicted octanol–water partition coefficient (Wildman–Crippen LogP) is 27.5. The SMILES string of the molecule is C=C(C)C(=Cc1ccc(-c2ccc(-n3c(-c4cccc(-c5c6ccccc6c(-c6ccc7ccccc7c6)c6ccccc56)c4)nc4ccccc43)cc2)cc1C)c1c2ccccc2c(-c2ccc3ccccc3c2)c2cc(-c3ccc(-c4nc5ccccc5n4-c4ccccc4)c4ccccc34)ccc12. The van der Waals surface area contributed by atoms with E-state index in [0.717, 1.165) is 112 Å². The molecular formula is C102H68N4. The normalized spacial score (nSPS) is 12.0. The highest BCUT2D eigenvalue weighted by molar-refractivity contribution is 6.24. The minimum absolute atomic E-state index is 0.888. The largest absolute Gasteiger partial charge is 0.292 e. The van der Waals surface area contributed by atoms with Gasteiger partial charge in [-0.05, 0) is 252 Å². The highest BCUT2D eigenvalue weighted by Gasteiger charge is 2.25. The van der Waals surface area contributed by atoms with Crippen LogP contribution < -0.4 is 0 Å². The van der Waals surface area contributed by atoms with E-state index in [9.17, 15) is 0 Å². The minimum Gasteiger partial charge on any atom is -0.292 e. The molecule has 0 aliphatic carbocycles. The van der Waals surface area contributed by atoms with E-state index < -0.39 is 0 Å². The van der Waals surface area contributed by atoms with Gasteiger partial charge in [0.1, 0.15) is 11.6 Å². The number of nitrogens with zero attached hydrogens (tertiary/aromatic N) is 4. The Labute approximate surface area is 614 Å². The van der Waals surface area contributed by atoms with Crippen LogP contribution in [0, 0.1) is 6.92 Å². The summed E-state index contributed by atoms with van der Waals surface area (Å²) in [6.45, 7) is 9.17. The molecule has 0 spiro atoms. The number of para-hydroxylation sites is 5. The molecule has 0 saturated carbocycles. The molecule has 0 radical (unpaired) electrons. The van der Waals surface area contributed by atoms with Gasteiger partial charge in [-0.2, -0.15) is 0 Å². The summed E-state index contributed by atoms with van der Waals surface area (Å²) in [5.41, 5.74) is 25.6. The number of aromatic nitrogens is 4. The molecule has 0 N–H and O–H groups in total. The van der Waals surface area contributed by atoms with E-state index in [2.05, 4.69) is 387 Å². The van der Waals surface area contributed by atoms with Gasteiger partial charge in [0.2, 0.25) is 0 Å². The summed E-state index contributed by atoms with van der Waals surface area (Å²) < 4.78 is 4.62. The third kappa shape index (κ3) is 10.4. The first-order valence-electron chi connectivity index (χ1n) is 36.5. The summed E-state index contributed by atoms with van der Waals surface area (Å²) in [4.78, 5) is 10.8. The summed E-state index contributed by atoms with van der Waals surface area (Å²) in [5, 5.41) is 16.8. The molecule has 20 aromatic rings. The number of rotatable bonds is 12. The minimum atomic E-state index is 0.888. The first kappa shape index (κ1) is 62.0. The molecule has 18 aromatic carbocycles. The van der Waals surface area contributed by atoms with Crippen molar-refractivity contribution in [3.05, 3.63) is 387 Å². The first-order valence-corrected chi connectivity index (χ1v) is 36.5. The van der Waals surface area contributed by atoms with Gasteiger partial charge >= 0.3 is 0 Å². The average molecular weight is 1350 g/mol. The van der Waals surface area contributed by atoms with Gasteiger partial charge in [0, 0.05) is 22.5 Å². The molecule has 2 heterocycles. The molecule has 0 fully saturated rings. The second kappa shape index (κ2) is 25.3. The summed E-state index contributed by atoms with van der Waals surface area (Å²) in [5.74, 6) is 1.80. The van der Waals surface area contributed by atoms with Crippen LogP contribution in [0.4, 0.5) is 0 Å². The van der Waals surface area contributed by atoms with E-state index in [1.807, 2.05) is 0 Å². The number of allylic oxidation sites excluding steroid dienone is 2. The lowest BCUT2D eigenvalue weighted by Crippen LogP contribution is -1.98. The van der Waals surface area contributed by atoms with E-state index in [1.54, 1.807) is 0 Å². The number of benzene rings is 18. The van der Waals surface area contributed by atoms with Gasteiger partial charge in [0.15, 0.2) is 0 Å². The van der Waals surface area contributed by atoms with Gasteiger partial charge in [0.25, 0.3) is 0 Å². The molecule has 496 valence electrons. The third-order valence-electron chi connectivity index (χ3n) is 21.8. The first-order chi connectivity index (χ1) is 52.3. The monoisotopic (exact) mass is 1350 g/mol. The highest BCUT2D eigenvalue weighted by Crippen LogP contribution is 2.49. The molecule has 0 saturated heterocycles. The van der Waals surface area contributed by atoms with Crippen molar-refractivity contribution in [2.75, 3.05) is 0 Å². The van der Waals surface area contributed by atoms with Crippen LogP contribution in [0.25, 0.3) is 199 Å². The van der Waals surface area contributed by atoms with Gasteiger partial charge in [0.05, 0.1) is 22.1 Å². The number of hydrogen-bond donors (Lipinski definition) is 0. The smallest absolute Gasteiger partial charge is 0.146 e. The van der Waals surface area contributed by atoms with Crippen molar-refractivity contribution >= 4 is 109 Å². The Morgan fingerprint density at radius 3 is 1.33 bits per heavy atom. The molecule has 0 atom stereocenters. The maximum Gasteiger partial charge on any atom is 0.146 e. The lowest BCUT2D eigenvalue weighted by molar-refractivity contribution is 1.10. The van der Waals surface area contributed by atoms with Crippen molar-refractivity contribution in [3.63, 3.8) is 0 Å². The Morgan fingerprint density at radius 2 is 0.726 bits per heavy atom. The third-order valence-corrected chi connectivity index (χ3v) is 21.8. The van der Waals surface area contributed by atoms with Gasteiger partial charge in [-0.3, -0.25) is 9.13 Å². The fraction of sp³-hybridized carbons (Fsp3) is 0.0196. The van der Waals surface area contributed by atoms with E-state index in [4.69, 9.17) is 16.5 Å². The summed E-state index contributed by atoms with van der Waals surface area (Å²) in [7, 11) is 0. The molecule has 4 nitrogen and oxygen atoms in total. The van der Waals surface area contributed by atoms with Gasteiger partial charge in [-0.1, -0.05) is 291 Å². The van der Waals surface area contributed by atoms with E-state index in [1.165, 1.54) is 104 Å². The lowest BCUT2D eigenvalue weighted by atomic mass is 9.82. The van der Waals surface area contributed by atoms with Gasteiger partial charge in [-0.15, -0.1) is 0 Å². The van der Waals surface area contributed by atoms with Crippen LogP contribution >= 0.6 is 0 Å². The molecule has 4 heteroatoms. The topological polar surface area (TPSA) is 35.6 Å². The molecule has 0 aliphatic heterocycles. The lowest BCUT2D eigenvalue weighted by Gasteiger charge is -2.21. The number of aryl methyl sites for hydroxylation is 1. The van der Waals surface area contributed by atoms with Crippen LogP contribution in [0.15, 0.2) is 370 Å². The summed E-state index contributed by atoms with van der Waals surface area (Å²) in [6, 6.07) is 131. The standard InChI is InChI=1S/C102H68N4/c1-64(2)91(100-88-39-18-17-38-87(88)99(76-49-45-67-25-8-10-27-71(67)60-76)92-63-73(52-55-89(92)100)80-56-57-90(82-33-12-11-32-81(80)82)102-104-94-41-20-22-43-96(94)106(102)78-30-5-4-6-31-78)62-69-46-47-72(58-65(69)3)68-50-53-79(54-51-68)105-95-42-21-19-40-93(95)103-101(105)77-29-23-28-74(61-77)97-83-34-13-15-36-85(83)98(86-37-16-14-35-84(86)97)75-48-44-66-24-7-9-26-70(66)59-75/h4-63H,1H2,2-3H3. The fourth-order valence-corrected chi connectivity index (χ4v) is 16.9. The van der Waals surface area contributed by atoms with Crippen molar-refractivity contribution in [3.8, 4) is 89.8 Å². The molecule has 20 rings (SSSR count). The van der Waals surface area contributed by atoms with Gasteiger partial charge in [-0.25, -0.2) is 9.97 Å². The van der Waals surface area contributed by atoms with Crippen LogP contribution in [0.3, 0.4) is 0 Å². The summed E-state index contributed by atoms with van der Waals surface area (Å²) >= 11 is 0. The molecule has 106 heavy (non-hydrogen) atoms. The van der Waals surface area contributed by atoms with Crippen molar-refractivity contribution in [1.29, 1.82) is 0 Å². The summed E-state index contributed by atoms with van der Waals surface area (Å²) in [6.07, 6.45) is 2.37.